The Bertz CT molecular complexity index is 978. The maximum atomic E-state index is 13.9. The van der Waals surface area contributed by atoms with E-state index in [2.05, 4.69) is 5.10 Å². The van der Waals surface area contributed by atoms with Gasteiger partial charge in [0.05, 0.1) is 23.4 Å². The number of ether oxygens (including phenoxy) is 2. The lowest BCUT2D eigenvalue weighted by Crippen LogP contribution is -2.07. The van der Waals surface area contributed by atoms with Crippen molar-refractivity contribution in [2.75, 3.05) is 6.61 Å². The van der Waals surface area contributed by atoms with E-state index in [9.17, 15) is 13.6 Å². The van der Waals surface area contributed by atoms with Gasteiger partial charge in [0.2, 0.25) is 5.88 Å². The minimum absolute atomic E-state index is 0.165. The van der Waals surface area contributed by atoms with E-state index in [1.165, 1.54) is 22.7 Å². The molecule has 0 radical (unpaired) electrons. The molecule has 0 bridgehead atoms. The predicted octanol–water partition coefficient (Wildman–Crippen LogP) is 4.24. The smallest absolute Gasteiger partial charge is 0.342 e. The van der Waals surface area contributed by atoms with Gasteiger partial charge in [-0.3, -0.25) is 0 Å². The standard InChI is InChI=1S/C20H20F2N2O3/c1-4-13-9-17-19(20(25)26-5-2)12(3)23-24(17)18(10-13)27-11-14-15(21)7-6-8-16(14)22/h6-10H,4-5,11H2,1-3H3. The molecule has 0 saturated carbocycles. The van der Waals surface area contributed by atoms with Crippen molar-refractivity contribution in [3.05, 3.63) is 64.4 Å². The molecule has 0 aliphatic rings. The lowest BCUT2D eigenvalue weighted by Gasteiger charge is -2.11. The van der Waals surface area contributed by atoms with Crippen LogP contribution in [0.4, 0.5) is 8.78 Å². The summed E-state index contributed by atoms with van der Waals surface area (Å²) in [5, 5.41) is 4.35. The van der Waals surface area contributed by atoms with E-state index in [0.29, 0.717) is 29.1 Å². The van der Waals surface area contributed by atoms with Crippen LogP contribution >= 0.6 is 0 Å². The second-order valence-corrected chi connectivity index (χ2v) is 6.02. The molecule has 0 N–H and O–H groups in total. The van der Waals surface area contributed by atoms with Gasteiger partial charge in [-0.25, -0.2) is 13.6 Å². The average molecular weight is 374 g/mol. The van der Waals surface area contributed by atoms with Crippen molar-refractivity contribution in [1.29, 1.82) is 0 Å². The number of carbonyl (C=O) groups is 1. The molecule has 7 heteroatoms. The maximum Gasteiger partial charge on any atom is 0.342 e. The largest absolute Gasteiger partial charge is 0.473 e. The molecule has 3 aromatic rings. The molecule has 0 saturated heterocycles. The zero-order valence-corrected chi connectivity index (χ0v) is 15.4. The number of pyridine rings is 1. The van der Waals surface area contributed by atoms with Gasteiger partial charge in [0.25, 0.3) is 0 Å². The highest BCUT2D eigenvalue weighted by molar-refractivity contribution is 5.98. The third-order valence-corrected chi connectivity index (χ3v) is 4.25. The van der Waals surface area contributed by atoms with Crippen LogP contribution in [0.3, 0.4) is 0 Å². The van der Waals surface area contributed by atoms with Gasteiger partial charge in [-0.05, 0) is 44.0 Å². The monoisotopic (exact) mass is 374 g/mol. The highest BCUT2D eigenvalue weighted by atomic mass is 19.1. The third-order valence-electron chi connectivity index (χ3n) is 4.25. The summed E-state index contributed by atoms with van der Waals surface area (Å²) in [4.78, 5) is 12.3. The number of benzene rings is 1. The van der Waals surface area contributed by atoms with Crippen LogP contribution < -0.4 is 4.74 Å². The highest BCUT2D eigenvalue weighted by Crippen LogP contribution is 2.26. The first kappa shape index (κ1) is 18.8. The summed E-state index contributed by atoms with van der Waals surface area (Å²) < 4.78 is 40.0. The Kier molecular flexibility index (Phi) is 5.39. The Hall–Kier alpha value is -2.96. The van der Waals surface area contributed by atoms with Crippen molar-refractivity contribution in [3.63, 3.8) is 0 Å². The summed E-state index contributed by atoms with van der Waals surface area (Å²) in [6, 6.07) is 7.23. The molecule has 0 spiro atoms. The van der Waals surface area contributed by atoms with E-state index in [-0.39, 0.29) is 18.8 Å². The van der Waals surface area contributed by atoms with Crippen LogP contribution in [0.2, 0.25) is 0 Å². The second-order valence-electron chi connectivity index (χ2n) is 6.02. The van der Waals surface area contributed by atoms with Crippen LogP contribution in [0.25, 0.3) is 5.52 Å². The lowest BCUT2D eigenvalue weighted by atomic mass is 10.1. The molecule has 0 aliphatic carbocycles. The predicted molar refractivity (Wildman–Crippen MR) is 96.0 cm³/mol. The van der Waals surface area contributed by atoms with Gasteiger partial charge in [0.15, 0.2) is 0 Å². The Morgan fingerprint density at radius 3 is 2.52 bits per heavy atom. The number of rotatable bonds is 6. The normalized spacial score (nSPS) is 11.0. The van der Waals surface area contributed by atoms with Gasteiger partial charge in [-0.1, -0.05) is 13.0 Å². The fourth-order valence-electron chi connectivity index (χ4n) is 2.86. The van der Waals surface area contributed by atoms with Gasteiger partial charge < -0.3 is 9.47 Å². The van der Waals surface area contributed by atoms with Crippen LogP contribution in [-0.2, 0) is 17.8 Å². The Labute approximate surface area is 155 Å². The lowest BCUT2D eigenvalue weighted by molar-refractivity contribution is 0.0528. The summed E-state index contributed by atoms with van der Waals surface area (Å²) in [6.45, 7) is 5.34. The van der Waals surface area contributed by atoms with Crippen LogP contribution in [0.1, 0.15) is 41.0 Å². The second kappa shape index (κ2) is 7.73. The zero-order chi connectivity index (χ0) is 19.6. The molecule has 0 atom stereocenters. The number of halogens is 2. The van der Waals surface area contributed by atoms with E-state index in [1.807, 2.05) is 13.0 Å². The molecular weight excluding hydrogens is 354 g/mol. The molecule has 5 nitrogen and oxygen atoms in total. The first-order valence-corrected chi connectivity index (χ1v) is 8.71. The zero-order valence-electron chi connectivity index (χ0n) is 15.4. The average Bonchev–Trinajstić information content (AvgIpc) is 2.97. The molecule has 2 heterocycles. The van der Waals surface area contributed by atoms with Gasteiger partial charge in [0.1, 0.15) is 23.8 Å². The Morgan fingerprint density at radius 2 is 1.89 bits per heavy atom. The quantitative estimate of drug-likeness (QED) is 0.606. The number of hydrogen-bond acceptors (Lipinski definition) is 4. The molecular formula is C20H20F2N2O3. The molecule has 2 aromatic heterocycles. The molecule has 0 aliphatic heterocycles. The fourth-order valence-corrected chi connectivity index (χ4v) is 2.86. The molecule has 3 rings (SSSR count). The summed E-state index contributed by atoms with van der Waals surface area (Å²) in [6.07, 6.45) is 0.688. The third kappa shape index (κ3) is 3.63. The van der Waals surface area contributed by atoms with Crippen molar-refractivity contribution >= 4 is 11.5 Å². The van der Waals surface area contributed by atoms with Crippen molar-refractivity contribution in [2.24, 2.45) is 0 Å². The fraction of sp³-hybridized carbons (Fsp3) is 0.300. The molecule has 0 unspecified atom stereocenters. The first-order valence-electron chi connectivity index (χ1n) is 8.71. The summed E-state index contributed by atoms with van der Waals surface area (Å²) in [7, 11) is 0. The number of hydrogen-bond donors (Lipinski definition) is 0. The van der Waals surface area contributed by atoms with Crippen molar-refractivity contribution in [2.45, 2.75) is 33.8 Å². The van der Waals surface area contributed by atoms with Crippen LogP contribution in [0.5, 0.6) is 5.88 Å². The van der Waals surface area contributed by atoms with Crippen molar-refractivity contribution in [3.8, 4) is 5.88 Å². The molecule has 1 aromatic carbocycles. The number of nitrogens with zero attached hydrogens (tertiary/aromatic N) is 2. The number of aryl methyl sites for hydroxylation is 2. The maximum absolute atomic E-state index is 13.9. The van der Waals surface area contributed by atoms with E-state index in [1.54, 1.807) is 19.9 Å². The van der Waals surface area contributed by atoms with E-state index in [0.717, 1.165) is 5.56 Å². The van der Waals surface area contributed by atoms with E-state index < -0.39 is 17.6 Å². The first-order chi connectivity index (χ1) is 13.0. The topological polar surface area (TPSA) is 52.8 Å². The molecule has 27 heavy (non-hydrogen) atoms. The van der Waals surface area contributed by atoms with E-state index >= 15 is 0 Å². The van der Waals surface area contributed by atoms with Crippen molar-refractivity contribution < 1.29 is 23.0 Å². The number of aromatic nitrogens is 2. The van der Waals surface area contributed by atoms with Crippen LogP contribution in [0.15, 0.2) is 30.3 Å². The number of carbonyl (C=O) groups excluding carboxylic acids is 1. The summed E-state index contributed by atoms with van der Waals surface area (Å²) in [5.41, 5.74) is 2.12. The SMILES string of the molecule is CCOC(=O)c1c(C)nn2c(OCc3c(F)cccc3F)cc(CC)cc12. The van der Waals surface area contributed by atoms with Crippen LogP contribution in [-0.4, -0.2) is 22.2 Å². The molecule has 0 amide bonds. The van der Waals surface area contributed by atoms with Gasteiger partial charge in [-0.2, -0.15) is 9.61 Å². The highest BCUT2D eigenvalue weighted by Gasteiger charge is 2.21. The van der Waals surface area contributed by atoms with Gasteiger partial charge in [0, 0.05) is 6.07 Å². The number of esters is 1. The molecule has 0 fully saturated rings. The summed E-state index contributed by atoms with van der Waals surface area (Å²) in [5.74, 6) is -1.53. The van der Waals surface area contributed by atoms with Crippen molar-refractivity contribution in [1.82, 2.24) is 9.61 Å². The minimum Gasteiger partial charge on any atom is -0.473 e. The Morgan fingerprint density at radius 1 is 1.19 bits per heavy atom. The van der Waals surface area contributed by atoms with Crippen LogP contribution in [0, 0.1) is 18.6 Å². The molecule has 142 valence electrons. The minimum atomic E-state index is -0.679. The Balaban J connectivity index is 2.05. The van der Waals surface area contributed by atoms with E-state index in [4.69, 9.17) is 9.47 Å². The number of fused-ring (bicyclic) bond motifs is 1. The van der Waals surface area contributed by atoms with Gasteiger partial charge in [-0.15, -0.1) is 0 Å². The van der Waals surface area contributed by atoms with Gasteiger partial charge >= 0.3 is 5.97 Å². The summed E-state index contributed by atoms with van der Waals surface area (Å²) >= 11 is 0.